The van der Waals surface area contributed by atoms with Crippen LogP contribution < -0.4 is 24.3 Å². The van der Waals surface area contributed by atoms with Crippen LogP contribution in [-0.2, 0) is 36.9 Å². The van der Waals surface area contributed by atoms with Gasteiger partial charge in [0.1, 0.15) is 19.3 Å². The summed E-state index contributed by atoms with van der Waals surface area (Å²) in [5, 5.41) is 12.2. The molecule has 1 amide bonds. The largest absolute Gasteiger partial charge is 0.493 e. The average Bonchev–Trinajstić information content (AvgIpc) is 3.55. The summed E-state index contributed by atoms with van der Waals surface area (Å²) in [6.07, 6.45) is 0.782. The number of esters is 2. The minimum absolute atomic E-state index is 0.0256. The Morgan fingerprint density at radius 2 is 1.79 bits per heavy atom. The van der Waals surface area contributed by atoms with Gasteiger partial charge < -0.3 is 38.8 Å². The smallest absolute Gasteiger partial charge is 0.332 e. The first kappa shape index (κ1) is 33.0. The van der Waals surface area contributed by atoms with Gasteiger partial charge in [-0.25, -0.2) is 9.78 Å². The number of nitrogens with zero attached hydrogens (tertiary/aromatic N) is 1. The fourth-order valence-corrected chi connectivity index (χ4v) is 5.57. The van der Waals surface area contributed by atoms with Crippen molar-refractivity contribution in [3.05, 3.63) is 77.6 Å². The quantitative estimate of drug-likeness (QED) is 0.291. The van der Waals surface area contributed by atoms with Crippen molar-refractivity contribution in [3.8, 4) is 23.0 Å². The molecule has 5 atom stereocenters. The molecule has 0 aliphatic carbocycles. The second kappa shape index (κ2) is 14.8. The minimum Gasteiger partial charge on any atom is -0.493 e. The van der Waals surface area contributed by atoms with Gasteiger partial charge in [-0.2, -0.15) is 0 Å². The number of aromatic nitrogens is 1. The van der Waals surface area contributed by atoms with E-state index in [4.69, 9.17) is 28.4 Å². The lowest BCUT2D eigenvalue weighted by Crippen LogP contribution is -2.46. The standard InChI is InChI=1S/C34H36N2O11/c1-19(32(38)39)13-23-20(2)47-34(41)25(17-44-33(40)24(23)14-21-7-5-4-6-8-21)36-31(37)29-30(27(42-3)11-12-35-29)43-16-22-9-10-26-28(15-22)46-18-45-26/h4-12,15,19-20,23-25H,13-14,16-18H2,1-3H3,(H,36,37)(H,38,39)/t19?,20-,23-,24+,25-/m0/s1. The number of carboxylic acid groups (broad SMARTS) is 1. The van der Waals surface area contributed by atoms with Crippen molar-refractivity contribution < 1.29 is 52.7 Å². The summed E-state index contributed by atoms with van der Waals surface area (Å²) < 4.78 is 33.6. The minimum atomic E-state index is -1.39. The number of amides is 1. The summed E-state index contributed by atoms with van der Waals surface area (Å²) in [6, 6.07) is 14.6. The number of cyclic esters (lactones) is 2. The van der Waals surface area contributed by atoms with Crippen LogP contribution in [0.5, 0.6) is 23.0 Å². The third kappa shape index (κ3) is 7.91. The second-order valence-corrected chi connectivity index (χ2v) is 11.4. The lowest BCUT2D eigenvalue weighted by Gasteiger charge is -2.30. The molecule has 1 unspecified atom stereocenters. The van der Waals surface area contributed by atoms with Gasteiger partial charge in [0.2, 0.25) is 6.79 Å². The molecule has 3 aromatic rings. The second-order valence-electron chi connectivity index (χ2n) is 11.4. The van der Waals surface area contributed by atoms with Crippen molar-refractivity contribution in [1.82, 2.24) is 10.3 Å². The first-order valence-corrected chi connectivity index (χ1v) is 15.1. The van der Waals surface area contributed by atoms with Crippen molar-refractivity contribution in [2.24, 2.45) is 17.8 Å². The Morgan fingerprint density at radius 3 is 2.53 bits per heavy atom. The van der Waals surface area contributed by atoms with E-state index in [1.807, 2.05) is 30.3 Å². The molecule has 1 aromatic heterocycles. The van der Waals surface area contributed by atoms with Gasteiger partial charge in [0, 0.05) is 18.2 Å². The van der Waals surface area contributed by atoms with E-state index in [1.165, 1.54) is 26.3 Å². The summed E-state index contributed by atoms with van der Waals surface area (Å²) in [6.45, 7) is 2.77. The van der Waals surface area contributed by atoms with Gasteiger partial charge in [0.25, 0.3) is 5.91 Å². The number of rotatable bonds is 11. The van der Waals surface area contributed by atoms with Crippen molar-refractivity contribution in [2.45, 2.75) is 45.4 Å². The Balaban J connectivity index is 1.35. The fourth-order valence-electron chi connectivity index (χ4n) is 5.57. The molecular weight excluding hydrogens is 612 g/mol. The van der Waals surface area contributed by atoms with E-state index in [-0.39, 0.29) is 43.4 Å². The fraction of sp³-hybridized carbons (Fsp3) is 0.382. The molecule has 13 nitrogen and oxygen atoms in total. The van der Waals surface area contributed by atoms with E-state index in [2.05, 4.69) is 10.3 Å². The number of carbonyl (C=O) groups excluding carboxylic acids is 3. The summed E-state index contributed by atoms with van der Waals surface area (Å²) >= 11 is 0. The number of benzene rings is 2. The van der Waals surface area contributed by atoms with Gasteiger partial charge in [-0.15, -0.1) is 0 Å². The lowest BCUT2D eigenvalue weighted by atomic mass is 9.78. The number of fused-ring (bicyclic) bond motifs is 1. The van der Waals surface area contributed by atoms with Crippen molar-refractivity contribution in [2.75, 3.05) is 20.5 Å². The van der Waals surface area contributed by atoms with E-state index < -0.39 is 60.3 Å². The van der Waals surface area contributed by atoms with Gasteiger partial charge >= 0.3 is 17.9 Å². The third-order valence-electron chi connectivity index (χ3n) is 8.18. The zero-order valence-corrected chi connectivity index (χ0v) is 26.2. The molecule has 0 radical (unpaired) electrons. The van der Waals surface area contributed by atoms with Crippen LogP contribution in [0.1, 0.15) is 41.9 Å². The molecule has 0 bridgehead atoms. The molecule has 1 fully saturated rings. The van der Waals surface area contributed by atoms with E-state index in [0.717, 1.165) is 11.1 Å². The Hall–Kier alpha value is -5.33. The molecule has 2 aliphatic heterocycles. The summed E-state index contributed by atoms with van der Waals surface area (Å²) in [5.74, 6) is -4.20. The molecule has 1 saturated heterocycles. The van der Waals surface area contributed by atoms with Crippen LogP contribution in [0.3, 0.4) is 0 Å². The maximum Gasteiger partial charge on any atom is 0.332 e. The highest BCUT2D eigenvalue weighted by atomic mass is 16.7. The number of hydrogen-bond acceptors (Lipinski definition) is 11. The molecule has 0 saturated carbocycles. The normalized spacial score (nSPS) is 21.3. The van der Waals surface area contributed by atoms with Crippen LogP contribution in [0.2, 0.25) is 0 Å². The highest BCUT2D eigenvalue weighted by Crippen LogP contribution is 2.35. The van der Waals surface area contributed by atoms with Crippen LogP contribution >= 0.6 is 0 Å². The first-order valence-electron chi connectivity index (χ1n) is 15.1. The van der Waals surface area contributed by atoms with Crippen molar-refractivity contribution in [3.63, 3.8) is 0 Å². The average molecular weight is 649 g/mol. The van der Waals surface area contributed by atoms with E-state index in [1.54, 1.807) is 25.1 Å². The van der Waals surface area contributed by atoms with E-state index >= 15 is 0 Å². The number of hydrogen-bond donors (Lipinski definition) is 2. The van der Waals surface area contributed by atoms with Gasteiger partial charge in [-0.05, 0) is 43.0 Å². The molecule has 3 heterocycles. The van der Waals surface area contributed by atoms with Gasteiger partial charge in [-0.3, -0.25) is 14.4 Å². The molecular formula is C34H36N2O11. The zero-order chi connectivity index (χ0) is 33.5. The molecule has 248 valence electrons. The van der Waals surface area contributed by atoms with Crippen LogP contribution in [0.4, 0.5) is 0 Å². The monoisotopic (exact) mass is 648 g/mol. The third-order valence-corrected chi connectivity index (χ3v) is 8.18. The Morgan fingerprint density at radius 1 is 1.02 bits per heavy atom. The van der Waals surface area contributed by atoms with Crippen molar-refractivity contribution >= 4 is 23.8 Å². The Labute approximate surface area is 271 Å². The summed E-state index contributed by atoms with van der Waals surface area (Å²) in [4.78, 5) is 56.5. The predicted molar refractivity (Wildman–Crippen MR) is 164 cm³/mol. The van der Waals surface area contributed by atoms with Crippen LogP contribution in [0, 0.1) is 17.8 Å². The number of pyridine rings is 1. The van der Waals surface area contributed by atoms with Gasteiger partial charge in [-0.1, -0.05) is 43.3 Å². The molecule has 5 rings (SSSR count). The molecule has 2 aromatic carbocycles. The number of carboxylic acids is 1. The SMILES string of the molecule is COc1ccnc(C(=O)N[C@H]2COC(=O)[C@H](Cc3ccccc3)[C@@H](CC(C)C(=O)O)[C@H](C)OC2=O)c1OCc1ccc2c(c1)OCO2. The molecule has 47 heavy (non-hydrogen) atoms. The maximum absolute atomic E-state index is 13.6. The van der Waals surface area contributed by atoms with Crippen molar-refractivity contribution in [1.29, 1.82) is 0 Å². The van der Waals surface area contributed by atoms with Crippen LogP contribution in [0.15, 0.2) is 60.8 Å². The maximum atomic E-state index is 13.6. The highest BCUT2D eigenvalue weighted by molar-refractivity contribution is 5.98. The summed E-state index contributed by atoms with van der Waals surface area (Å²) in [5.41, 5.74) is 1.39. The zero-order valence-electron chi connectivity index (χ0n) is 26.2. The highest BCUT2D eigenvalue weighted by Gasteiger charge is 2.41. The van der Waals surface area contributed by atoms with E-state index in [0.29, 0.717) is 11.5 Å². The van der Waals surface area contributed by atoms with Crippen LogP contribution in [0.25, 0.3) is 0 Å². The number of nitrogens with one attached hydrogen (secondary N) is 1. The lowest BCUT2D eigenvalue weighted by molar-refractivity contribution is -0.155. The number of aliphatic carboxylic acids is 1. The number of carbonyl (C=O) groups is 4. The predicted octanol–water partition coefficient (Wildman–Crippen LogP) is 3.57. The number of ether oxygens (including phenoxy) is 6. The molecule has 0 spiro atoms. The molecule has 13 heteroatoms. The summed E-state index contributed by atoms with van der Waals surface area (Å²) in [7, 11) is 1.41. The topological polar surface area (TPSA) is 169 Å². The Kier molecular flexibility index (Phi) is 10.4. The molecule has 2 N–H and O–H groups in total. The Bertz CT molecular complexity index is 1610. The first-order chi connectivity index (χ1) is 22.6. The van der Waals surface area contributed by atoms with Gasteiger partial charge in [0.05, 0.1) is 18.9 Å². The molecule has 2 aliphatic rings. The van der Waals surface area contributed by atoms with E-state index in [9.17, 15) is 24.3 Å². The van der Waals surface area contributed by atoms with Crippen LogP contribution in [-0.4, -0.2) is 66.6 Å². The number of methoxy groups -OCH3 is 1. The van der Waals surface area contributed by atoms with Gasteiger partial charge in [0.15, 0.2) is 34.7 Å².